The number of halogens is 2. The smallest absolute Gasteiger partial charge is 0.337 e. The number of nitrogens with one attached hydrogen (secondary N) is 2. The lowest BCUT2D eigenvalue weighted by Crippen LogP contribution is -2.48. The molecule has 1 aliphatic heterocycles. The van der Waals surface area contributed by atoms with Crippen molar-refractivity contribution in [2.75, 3.05) is 31.5 Å². The summed E-state index contributed by atoms with van der Waals surface area (Å²) in [5.74, 6) is -3.94. The number of carboxylic acid groups (broad SMARTS) is 1. The number of benzene rings is 1. The average Bonchev–Trinajstić information content (AvgIpc) is 2.43. The molecule has 1 aliphatic rings. The van der Waals surface area contributed by atoms with Crippen LogP contribution in [0.5, 0.6) is 0 Å². The monoisotopic (exact) mass is 285 g/mol. The molecule has 3 N–H and O–H groups in total. The number of aromatic carboxylic acids is 1. The highest BCUT2D eigenvalue weighted by Crippen LogP contribution is 2.20. The third-order valence-corrected chi connectivity index (χ3v) is 2.94. The number of piperazine rings is 1. The first-order valence-electron chi connectivity index (χ1n) is 5.98. The second kappa shape index (κ2) is 5.83. The second-order valence-corrected chi connectivity index (χ2v) is 4.28. The van der Waals surface area contributed by atoms with Crippen LogP contribution in [-0.4, -0.2) is 48.2 Å². The fraction of sp³-hybridized carbons (Fsp3) is 0.333. The zero-order valence-electron chi connectivity index (χ0n) is 10.4. The van der Waals surface area contributed by atoms with Crippen LogP contribution in [0.1, 0.15) is 10.4 Å². The van der Waals surface area contributed by atoms with Gasteiger partial charge in [-0.3, -0.25) is 0 Å². The Morgan fingerprint density at radius 2 is 1.80 bits per heavy atom. The quantitative estimate of drug-likeness (QED) is 0.760. The molecular weight excluding hydrogens is 272 g/mol. The van der Waals surface area contributed by atoms with Gasteiger partial charge in [-0.05, 0) is 6.07 Å². The lowest BCUT2D eigenvalue weighted by atomic mass is 10.1. The van der Waals surface area contributed by atoms with Crippen LogP contribution in [0.15, 0.2) is 12.1 Å². The van der Waals surface area contributed by atoms with E-state index >= 15 is 0 Å². The molecule has 1 heterocycles. The van der Waals surface area contributed by atoms with Gasteiger partial charge in [0.25, 0.3) is 0 Å². The molecule has 108 valence electrons. The highest BCUT2D eigenvalue weighted by molar-refractivity contribution is 6.00. The van der Waals surface area contributed by atoms with E-state index in [-0.39, 0.29) is 5.69 Å². The zero-order valence-corrected chi connectivity index (χ0v) is 10.4. The number of nitrogens with zero attached hydrogens (tertiary/aromatic N) is 1. The largest absolute Gasteiger partial charge is 0.478 e. The number of amides is 2. The maximum Gasteiger partial charge on any atom is 0.337 e. The number of carbonyl (C=O) groups is 2. The minimum Gasteiger partial charge on any atom is -0.478 e. The van der Waals surface area contributed by atoms with E-state index in [4.69, 9.17) is 5.11 Å². The Balaban J connectivity index is 2.21. The zero-order chi connectivity index (χ0) is 14.7. The Kier molecular flexibility index (Phi) is 4.14. The van der Waals surface area contributed by atoms with Gasteiger partial charge in [0.05, 0.1) is 11.3 Å². The number of hydrogen-bond donors (Lipinski definition) is 3. The third-order valence-electron chi connectivity index (χ3n) is 2.94. The maximum atomic E-state index is 13.2. The molecule has 2 amide bonds. The molecule has 0 unspecified atom stereocenters. The molecule has 1 saturated heterocycles. The van der Waals surface area contributed by atoms with Gasteiger partial charge in [0.15, 0.2) is 11.6 Å². The molecule has 1 aromatic carbocycles. The van der Waals surface area contributed by atoms with Crippen LogP contribution >= 0.6 is 0 Å². The summed E-state index contributed by atoms with van der Waals surface area (Å²) in [6.45, 7) is 2.16. The van der Waals surface area contributed by atoms with E-state index in [9.17, 15) is 18.4 Å². The number of carboxylic acids is 1. The summed E-state index contributed by atoms with van der Waals surface area (Å²) < 4.78 is 26.2. The van der Waals surface area contributed by atoms with E-state index in [0.717, 1.165) is 0 Å². The van der Waals surface area contributed by atoms with E-state index in [1.807, 2.05) is 0 Å². The molecule has 1 fully saturated rings. The van der Waals surface area contributed by atoms with Crippen LogP contribution in [0.4, 0.5) is 19.3 Å². The maximum absolute atomic E-state index is 13.2. The number of anilines is 1. The summed E-state index contributed by atoms with van der Waals surface area (Å²) in [5, 5.41) is 14.3. The van der Waals surface area contributed by atoms with Gasteiger partial charge in [0, 0.05) is 32.2 Å². The summed E-state index contributed by atoms with van der Waals surface area (Å²) >= 11 is 0. The highest BCUT2D eigenvalue weighted by Gasteiger charge is 2.20. The summed E-state index contributed by atoms with van der Waals surface area (Å²) in [7, 11) is 0. The minimum atomic E-state index is -1.44. The molecule has 2 rings (SSSR count). The van der Waals surface area contributed by atoms with Crippen molar-refractivity contribution < 1.29 is 23.5 Å². The van der Waals surface area contributed by atoms with Gasteiger partial charge in [0.2, 0.25) is 0 Å². The van der Waals surface area contributed by atoms with Crippen molar-refractivity contribution in [1.82, 2.24) is 10.2 Å². The molecule has 0 aromatic heterocycles. The second-order valence-electron chi connectivity index (χ2n) is 4.28. The van der Waals surface area contributed by atoms with Gasteiger partial charge in [-0.2, -0.15) is 0 Å². The van der Waals surface area contributed by atoms with Crippen LogP contribution in [-0.2, 0) is 0 Å². The lowest BCUT2D eigenvalue weighted by Gasteiger charge is -2.27. The molecule has 0 saturated carbocycles. The van der Waals surface area contributed by atoms with E-state index in [0.29, 0.717) is 38.3 Å². The Hall–Kier alpha value is -2.22. The van der Waals surface area contributed by atoms with Gasteiger partial charge >= 0.3 is 12.0 Å². The molecule has 1 aromatic rings. The molecule has 0 bridgehead atoms. The predicted octanol–water partition coefficient (Wildman–Crippen LogP) is 1.10. The van der Waals surface area contributed by atoms with Crippen molar-refractivity contribution in [3.63, 3.8) is 0 Å². The van der Waals surface area contributed by atoms with Crippen LogP contribution in [0.3, 0.4) is 0 Å². The first-order valence-corrected chi connectivity index (χ1v) is 5.98. The molecule has 8 heteroatoms. The fourth-order valence-electron chi connectivity index (χ4n) is 1.89. The molecule has 20 heavy (non-hydrogen) atoms. The van der Waals surface area contributed by atoms with Crippen molar-refractivity contribution in [2.45, 2.75) is 0 Å². The van der Waals surface area contributed by atoms with Gasteiger partial charge in [-0.15, -0.1) is 0 Å². The van der Waals surface area contributed by atoms with Crippen LogP contribution in [0.25, 0.3) is 0 Å². The first kappa shape index (κ1) is 14.2. The average molecular weight is 285 g/mol. The van der Waals surface area contributed by atoms with E-state index in [1.54, 1.807) is 0 Å². The predicted molar refractivity (Wildman–Crippen MR) is 66.8 cm³/mol. The number of urea groups is 1. The summed E-state index contributed by atoms with van der Waals surface area (Å²) in [6.07, 6.45) is 0. The number of carbonyl (C=O) groups excluding carboxylic acids is 1. The standard InChI is InChI=1S/C12H13F2N3O3/c13-8-5-7(11(18)19)10(6-9(8)14)16-12(20)17-3-1-15-2-4-17/h5-6,15H,1-4H2,(H,16,20)(H,18,19). The lowest BCUT2D eigenvalue weighted by molar-refractivity contribution is 0.0697. The fourth-order valence-corrected chi connectivity index (χ4v) is 1.89. The van der Waals surface area contributed by atoms with Crippen LogP contribution in [0, 0.1) is 11.6 Å². The van der Waals surface area contributed by atoms with Crippen molar-refractivity contribution in [3.05, 3.63) is 29.3 Å². The Morgan fingerprint density at radius 1 is 1.20 bits per heavy atom. The SMILES string of the molecule is O=C(O)c1cc(F)c(F)cc1NC(=O)N1CCNCC1. The third kappa shape index (κ3) is 3.02. The highest BCUT2D eigenvalue weighted by atomic mass is 19.2. The summed E-state index contributed by atoms with van der Waals surface area (Å²) in [6, 6.07) is 0.671. The summed E-state index contributed by atoms with van der Waals surface area (Å²) in [4.78, 5) is 24.4. The van der Waals surface area contributed by atoms with E-state index < -0.39 is 29.2 Å². The molecule has 0 atom stereocenters. The first-order chi connectivity index (χ1) is 9.49. The summed E-state index contributed by atoms with van der Waals surface area (Å²) in [5.41, 5.74) is -0.757. The van der Waals surface area contributed by atoms with Crippen molar-refractivity contribution >= 4 is 17.7 Å². The molecule has 0 aliphatic carbocycles. The van der Waals surface area contributed by atoms with Crippen molar-refractivity contribution in [2.24, 2.45) is 0 Å². The number of rotatable bonds is 2. The van der Waals surface area contributed by atoms with Gasteiger partial charge in [0.1, 0.15) is 0 Å². The van der Waals surface area contributed by atoms with Crippen LogP contribution in [0.2, 0.25) is 0 Å². The Morgan fingerprint density at radius 3 is 2.40 bits per heavy atom. The van der Waals surface area contributed by atoms with E-state index in [1.165, 1.54) is 4.90 Å². The molecule has 0 spiro atoms. The molecule has 0 radical (unpaired) electrons. The van der Waals surface area contributed by atoms with Gasteiger partial charge in [-0.25, -0.2) is 18.4 Å². The Labute approximate surface area is 113 Å². The Bertz CT molecular complexity index is 545. The number of hydrogen-bond acceptors (Lipinski definition) is 3. The minimum absolute atomic E-state index is 0.264. The van der Waals surface area contributed by atoms with Crippen molar-refractivity contribution in [3.8, 4) is 0 Å². The normalized spacial score (nSPS) is 15.0. The molecular formula is C12H13F2N3O3. The van der Waals surface area contributed by atoms with Gasteiger partial charge < -0.3 is 20.6 Å². The molecule has 6 nitrogen and oxygen atoms in total. The topological polar surface area (TPSA) is 81.7 Å². The van der Waals surface area contributed by atoms with Crippen molar-refractivity contribution in [1.29, 1.82) is 0 Å². The van der Waals surface area contributed by atoms with Crippen LogP contribution < -0.4 is 10.6 Å². The van der Waals surface area contributed by atoms with E-state index in [2.05, 4.69) is 10.6 Å². The van der Waals surface area contributed by atoms with Gasteiger partial charge in [-0.1, -0.05) is 0 Å².